The van der Waals surface area contributed by atoms with E-state index >= 15 is 0 Å². The summed E-state index contributed by atoms with van der Waals surface area (Å²) in [6.07, 6.45) is 1.18. The van der Waals surface area contributed by atoms with Crippen LogP contribution < -0.4 is 5.73 Å². The van der Waals surface area contributed by atoms with Gasteiger partial charge in [0, 0.05) is 25.2 Å². The minimum atomic E-state index is -0.317. The van der Waals surface area contributed by atoms with Crippen molar-refractivity contribution in [3.05, 3.63) is 29.3 Å². The van der Waals surface area contributed by atoms with Gasteiger partial charge in [-0.1, -0.05) is 6.07 Å². The molecular weight excluding hydrogens is 256 g/mol. The van der Waals surface area contributed by atoms with Crippen LogP contribution in [-0.2, 0) is 27.3 Å². The van der Waals surface area contributed by atoms with Crippen LogP contribution in [0.3, 0.4) is 0 Å². The Bertz CT molecular complexity index is 514. The zero-order valence-electron chi connectivity index (χ0n) is 11.7. The highest BCUT2D eigenvalue weighted by molar-refractivity contribution is 5.81. The molecule has 20 heavy (non-hydrogen) atoms. The van der Waals surface area contributed by atoms with Crippen LogP contribution in [0.2, 0.25) is 0 Å². The molecule has 0 fully saturated rings. The van der Waals surface area contributed by atoms with Crippen molar-refractivity contribution in [3.63, 3.8) is 0 Å². The Morgan fingerprint density at radius 3 is 2.85 bits per heavy atom. The van der Waals surface area contributed by atoms with E-state index < -0.39 is 0 Å². The molecule has 108 valence electrons. The Balaban J connectivity index is 1.91. The van der Waals surface area contributed by atoms with Crippen LogP contribution in [0.5, 0.6) is 0 Å². The number of fused-ring (bicyclic) bond motifs is 1. The minimum absolute atomic E-state index is 0.00822. The monoisotopic (exact) mass is 276 g/mol. The molecular formula is C15H20N2O3. The molecule has 1 aliphatic heterocycles. The van der Waals surface area contributed by atoms with Crippen molar-refractivity contribution >= 4 is 17.6 Å². The van der Waals surface area contributed by atoms with Gasteiger partial charge in [-0.15, -0.1) is 0 Å². The van der Waals surface area contributed by atoms with Crippen LogP contribution in [0.1, 0.15) is 30.9 Å². The molecule has 1 aromatic carbocycles. The number of esters is 1. The quantitative estimate of drug-likeness (QED) is 0.668. The fourth-order valence-electron chi connectivity index (χ4n) is 2.39. The molecule has 5 heteroatoms. The van der Waals surface area contributed by atoms with Gasteiger partial charge >= 0.3 is 5.97 Å². The molecule has 0 aliphatic carbocycles. The first kappa shape index (κ1) is 14.4. The normalized spacial score (nSPS) is 13.8. The van der Waals surface area contributed by atoms with Crippen LogP contribution >= 0.6 is 0 Å². The fraction of sp³-hybridized carbons (Fsp3) is 0.467. The van der Waals surface area contributed by atoms with E-state index in [2.05, 4.69) is 0 Å². The zero-order chi connectivity index (χ0) is 14.5. The van der Waals surface area contributed by atoms with E-state index in [4.69, 9.17) is 10.5 Å². The van der Waals surface area contributed by atoms with Gasteiger partial charge in [-0.25, -0.2) is 0 Å². The molecule has 0 unspecified atom stereocenters. The van der Waals surface area contributed by atoms with Gasteiger partial charge in [0.25, 0.3) is 0 Å². The molecule has 5 nitrogen and oxygen atoms in total. The number of hydrogen-bond acceptors (Lipinski definition) is 4. The maximum Gasteiger partial charge on any atom is 0.306 e. The van der Waals surface area contributed by atoms with Gasteiger partial charge < -0.3 is 15.4 Å². The number of nitrogens with zero attached hydrogens (tertiary/aromatic N) is 1. The highest BCUT2D eigenvalue weighted by atomic mass is 16.5. The number of rotatable bonds is 4. The van der Waals surface area contributed by atoms with E-state index in [0.717, 1.165) is 12.0 Å². The highest BCUT2D eigenvalue weighted by Crippen LogP contribution is 2.22. The Morgan fingerprint density at radius 2 is 2.10 bits per heavy atom. The Labute approximate surface area is 118 Å². The predicted molar refractivity (Wildman–Crippen MR) is 75.8 cm³/mol. The molecule has 1 heterocycles. The third-order valence-corrected chi connectivity index (χ3v) is 3.44. The van der Waals surface area contributed by atoms with Crippen LogP contribution in [0.25, 0.3) is 0 Å². The summed E-state index contributed by atoms with van der Waals surface area (Å²) in [6, 6.07) is 5.82. The van der Waals surface area contributed by atoms with Gasteiger partial charge in [0.2, 0.25) is 5.91 Å². The van der Waals surface area contributed by atoms with Gasteiger partial charge in [-0.3, -0.25) is 9.59 Å². The van der Waals surface area contributed by atoms with Crippen molar-refractivity contribution < 1.29 is 14.3 Å². The molecule has 2 N–H and O–H groups in total. The lowest BCUT2D eigenvalue weighted by atomic mass is 9.99. The van der Waals surface area contributed by atoms with Crippen LogP contribution in [-0.4, -0.2) is 29.9 Å². The molecule has 0 bridgehead atoms. The lowest BCUT2D eigenvalue weighted by Crippen LogP contribution is -2.36. The van der Waals surface area contributed by atoms with Crippen LogP contribution in [0, 0.1) is 0 Å². The van der Waals surface area contributed by atoms with E-state index in [1.807, 2.05) is 18.2 Å². The maximum atomic E-state index is 12.1. The van der Waals surface area contributed by atoms with Crippen LogP contribution in [0.15, 0.2) is 18.2 Å². The lowest BCUT2D eigenvalue weighted by molar-refractivity contribution is -0.145. The van der Waals surface area contributed by atoms with Crippen molar-refractivity contribution in [2.24, 2.45) is 0 Å². The molecule has 1 aromatic rings. The van der Waals surface area contributed by atoms with Gasteiger partial charge in [-0.05, 0) is 36.6 Å². The first-order valence-corrected chi connectivity index (χ1v) is 6.91. The molecule has 1 aliphatic rings. The number of anilines is 1. The predicted octanol–water partition coefficient (Wildman–Crippen LogP) is 1.50. The second kappa shape index (κ2) is 6.41. The molecule has 0 spiro atoms. The van der Waals surface area contributed by atoms with Gasteiger partial charge in [-0.2, -0.15) is 0 Å². The van der Waals surface area contributed by atoms with Gasteiger partial charge in [0.1, 0.15) is 0 Å². The number of amides is 1. The number of carbonyl (C=O) groups excluding carboxylic acids is 2. The maximum absolute atomic E-state index is 12.1. The van der Waals surface area contributed by atoms with Crippen molar-refractivity contribution in [2.45, 2.75) is 32.7 Å². The summed E-state index contributed by atoms with van der Waals surface area (Å²) in [5.74, 6) is -0.325. The Kier molecular flexibility index (Phi) is 4.61. The molecule has 0 aromatic heterocycles. The standard InChI is InChI=1S/C15H20N2O3/c1-2-20-15(19)6-5-14(18)17-8-7-11-3-4-13(16)9-12(11)10-17/h3-4,9H,2,5-8,10,16H2,1H3. The van der Waals surface area contributed by atoms with Crippen molar-refractivity contribution in [2.75, 3.05) is 18.9 Å². The summed E-state index contributed by atoms with van der Waals surface area (Å²) in [6.45, 7) is 3.37. The Hall–Kier alpha value is -2.04. The summed E-state index contributed by atoms with van der Waals surface area (Å²) in [5, 5.41) is 0. The van der Waals surface area contributed by atoms with Gasteiger partial charge in [0.15, 0.2) is 0 Å². The minimum Gasteiger partial charge on any atom is -0.466 e. The number of nitrogen functional groups attached to an aromatic ring is 1. The topological polar surface area (TPSA) is 72.6 Å². The molecule has 0 saturated carbocycles. The third kappa shape index (κ3) is 3.50. The number of nitrogens with two attached hydrogens (primary N) is 1. The van der Waals surface area contributed by atoms with E-state index in [1.54, 1.807) is 11.8 Å². The highest BCUT2D eigenvalue weighted by Gasteiger charge is 2.21. The third-order valence-electron chi connectivity index (χ3n) is 3.44. The first-order valence-electron chi connectivity index (χ1n) is 6.91. The second-order valence-electron chi connectivity index (χ2n) is 4.90. The average Bonchev–Trinajstić information content (AvgIpc) is 2.44. The smallest absolute Gasteiger partial charge is 0.306 e. The molecule has 0 atom stereocenters. The number of carbonyl (C=O) groups is 2. The van der Waals surface area contributed by atoms with Crippen molar-refractivity contribution in [1.82, 2.24) is 4.90 Å². The SMILES string of the molecule is CCOC(=O)CCC(=O)N1CCc2ccc(N)cc2C1. The summed E-state index contributed by atoms with van der Waals surface area (Å²) in [4.78, 5) is 25.1. The van der Waals surface area contributed by atoms with E-state index in [-0.39, 0.29) is 24.7 Å². The van der Waals surface area contributed by atoms with Crippen molar-refractivity contribution in [3.8, 4) is 0 Å². The fourth-order valence-corrected chi connectivity index (χ4v) is 2.39. The molecule has 1 amide bonds. The summed E-state index contributed by atoms with van der Waals surface area (Å²) < 4.78 is 4.83. The van der Waals surface area contributed by atoms with E-state index in [0.29, 0.717) is 25.4 Å². The van der Waals surface area contributed by atoms with Gasteiger partial charge in [0.05, 0.1) is 13.0 Å². The number of hydrogen-bond donors (Lipinski definition) is 1. The van der Waals surface area contributed by atoms with E-state index in [9.17, 15) is 9.59 Å². The van der Waals surface area contributed by atoms with Crippen molar-refractivity contribution in [1.29, 1.82) is 0 Å². The second-order valence-corrected chi connectivity index (χ2v) is 4.90. The zero-order valence-corrected chi connectivity index (χ0v) is 11.7. The summed E-state index contributed by atoms with van der Waals surface area (Å²) in [5.41, 5.74) is 8.83. The molecule has 0 radical (unpaired) electrons. The first-order chi connectivity index (χ1) is 9.60. The average molecular weight is 276 g/mol. The van der Waals surface area contributed by atoms with E-state index in [1.165, 1.54) is 5.56 Å². The Morgan fingerprint density at radius 1 is 1.30 bits per heavy atom. The largest absolute Gasteiger partial charge is 0.466 e. The summed E-state index contributed by atoms with van der Waals surface area (Å²) in [7, 11) is 0. The lowest BCUT2D eigenvalue weighted by Gasteiger charge is -2.29. The number of ether oxygens (including phenoxy) is 1. The van der Waals surface area contributed by atoms with Crippen LogP contribution in [0.4, 0.5) is 5.69 Å². The summed E-state index contributed by atoms with van der Waals surface area (Å²) >= 11 is 0. The molecule has 2 rings (SSSR count). The molecule has 0 saturated heterocycles. The number of benzene rings is 1.